The molecule has 0 saturated carbocycles. The van der Waals surface area contributed by atoms with Crippen LogP contribution in [0, 0.1) is 26.7 Å². The predicted molar refractivity (Wildman–Crippen MR) is 102 cm³/mol. The van der Waals surface area contributed by atoms with Gasteiger partial charge in [0.25, 0.3) is 0 Å². The first-order chi connectivity index (χ1) is 12.2. The maximum absolute atomic E-state index is 13.2. The van der Waals surface area contributed by atoms with Gasteiger partial charge in [0, 0.05) is 26.2 Å². The number of piperidine rings is 1. The van der Waals surface area contributed by atoms with Crippen LogP contribution in [0.3, 0.4) is 0 Å². The summed E-state index contributed by atoms with van der Waals surface area (Å²) in [5.74, 6) is -0.435. The van der Waals surface area contributed by atoms with E-state index >= 15 is 0 Å². The molecule has 1 heterocycles. The van der Waals surface area contributed by atoms with Crippen LogP contribution < -0.4 is 5.32 Å². The van der Waals surface area contributed by atoms with Crippen molar-refractivity contribution in [2.45, 2.75) is 51.5 Å². The number of carbonyl (C=O) groups excluding carboxylic acids is 1. The Morgan fingerprint density at radius 1 is 1.31 bits per heavy atom. The zero-order valence-electron chi connectivity index (χ0n) is 16.3. The smallest absolute Gasteiger partial charge is 0.243 e. The highest BCUT2D eigenvalue weighted by molar-refractivity contribution is 7.89. The minimum Gasteiger partial charge on any atom is -0.383 e. The lowest BCUT2D eigenvalue weighted by atomic mass is 9.98. The molecular weight excluding hydrogens is 352 g/mol. The normalized spacial score (nSPS) is 20.0. The summed E-state index contributed by atoms with van der Waals surface area (Å²) < 4.78 is 32.9. The molecule has 0 bridgehead atoms. The standard InChI is InChI=1S/C19H30N2O4S/c1-13-9-14(2)18(15(3)10-13)26(23,24)21-8-6-7-17(11-21)19(22)20-16(4)12-25-5/h9-10,16-17H,6-8,11-12H2,1-5H3,(H,20,22). The topological polar surface area (TPSA) is 75.7 Å². The Kier molecular flexibility index (Phi) is 6.82. The molecule has 1 aliphatic rings. The number of nitrogens with one attached hydrogen (secondary N) is 1. The Bertz CT molecular complexity index is 738. The molecule has 1 N–H and O–H groups in total. The number of hydrogen-bond donors (Lipinski definition) is 1. The summed E-state index contributed by atoms with van der Waals surface area (Å²) in [7, 11) is -2.03. The number of aryl methyl sites for hydroxylation is 3. The van der Waals surface area contributed by atoms with Gasteiger partial charge < -0.3 is 10.1 Å². The quantitative estimate of drug-likeness (QED) is 0.818. The van der Waals surface area contributed by atoms with E-state index in [1.807, 2.05) is 39.8 Å². The average molecular weight is 383 g/mol. The van der Waals surface area contributed by atoms with Gasteiger partial charge in [0.1, 0.15) is 0 Å². The average Bonchev–Trinajstić information content (AvgIpc) is 2.53. The number of ether oxygens (including phenoxy) is 1. The fraction of sp³-hybridized carbons (Fsp3) is 0.632. The highest BCUT2D eigenvalue weighted by Gasteiger charge is 2.35. The van der Waals surface area contributed by atoms with Crippen LogP contribution in [0.4, 0.5) is 0 Å². The van der Waals surface area contributed by atoms with E-state index in [1.165, 1.54) is 4.31 Å². The van der Waals surface area contributed by atoms with Gasteiger partial charge in [-0.25, -0.2) is 8.42 Å². The number of benzene rings is 1. The monoisotopic (exact) mass is 382 g/mol. The van der Waals surface area contributed by atoms with Gasteiger partial charge in [-0.1, -0.05) is 17.7 Å². The van der Waals surface area contributed by atoms with Gasteiger partial charge in [-0.05, 0) is 51.7 Å². The summed E-state index contributed by atoms with van der Waals surface area (Å²) in [5.41, 5.74) is 2.55. The zero-order chi connectivity index (χ0) is 19.5. The molecule has 1 aliphatic heterocycles. The Labute approximate surface area is 157 Å². The second kappa shape index (κ2) is 8.50. The molecule has 146 valence electrons. The van der Waals surface area contributed by atoms with Gasteiger partial charge in [-0.15, -0.1) is 0 Å². The van der Waals surface area contributed by atoms with Crippen LogP contribution in [-0.2, 0) is 19.6 Å². The highest BCUT2D eigenvalue weighted by Crippen LogP contribution is 2.28. The van der Waals surface area contributed by atoms with Crippen molar-refractivity contribution in [2.75, 3.05) is 26.8 Å². The molecule has 6 nitrogen and oxygen atoms in total. The fourth-order valence-electron chi connectivity index (χ4n) is 3.73. The lowest BCUT2D eigenvalue weighted by molar-refractivity contribution is -0.127. The molecule has 7 heteroatoms. The third kappa shape index (κ3) is 4.64. The van der Waals surface area contributed by atoms with Crippen LogP contribution in [0.25, 0.3) is 0 Å². The first-order valence-electron chi connectivity index (χ1n) is 9.04. The summed E-state index contributed by atoms with van der Waals surface area (Å²) in [4.78, 5) is 12.9. The number of hydrogen-bond acceptors (Lipinski definition) is 4. The van der Waals surface area contributed by atoms with Crippen LogP contribution in [-0.4, -0.2) is 51.5 Å². The van der Waals surface area contributed by atoms with E-state index in [1.54, 1.807) is 7.11 Å². The van der Waals surface area contributed by atoms with E-state index in [0.29, 0.717) is 30.9 Å². The molecule has 2 rings (SSSR count). The maximum Gasteiger partial charge on any atom is 0.243 e. The van der Waals surface area contributed by atoms with Gasteiger partial charge in [0.15, 0.2) is 0 Å². The molecule has 1 amide bonds. The van der Waals surface area contributed by atoms with Crippen molar-refractivity contribution < 1.29 is 17.9 Å². The van der Waals surface area contributed by atoms with Crippen molar-refractivity contribution in [2.24, 2.45) is 5.92 Å². The summed E-state index contributed by atoms with van der Waals surface area (Å²) in [6.07, 6.45) is 1.38. The molecule has 0 radical (unpaired) electrons. The van der Waals surface area contributed by atoms with Gasteiger partial charge in [0.05, 0.1) is 17.4 Å². The van der Waals surface area contributed by atoms with Crippen LogP contribution in [0.2, 0.25) is 0 Å². The van der Waals surface area contributed by atoms with E-state index in [9.17, 15) is 13.2 Å². The summed E-state index contributed by atoms with van der Waals surface area (Å²) in [5, 5.41) is 2.91. The maximum atomic E-state index is 13.2. The number of rotatable bonds is 6. The number of methoxy groups -OCH3 is 1. The predicted octanol–water partition coefficient (Wildman–Crippen LogP) is 2.16. The minimum atomic E-state index is -3.62. The number of nitrogens with zero attached hydrogens (tertiary/aromatic N) is 1. The first-order valence-corrected chi connectivity index (χ1v) is 10.5. The highest BCUT2D eigenvalue weighted by atomic mass is 32.2. The van der Waals surface area contributed by atoms with E-state index in [-0.39, 0.29) is 24.4 Å². The van der Waals surface area contributed by atoms with E-state index < -0.39 is 10.0 Å². The van der Waals surface area contributed by atoms with Gasteiger partial charge in [0.2, 0.25) is 15.9 Å². The molecule has 2 atom stereocenters. The van der Waals surface area contributed by atoms with Gasteiger partial charge in [-0.3, -0.25) is 4.79 Å². The molecule has 0 aromatic heterocycles. The summed E-state index contributed by atoms with van der Waals surface area (Å²) in [6.45, 7) is 8.59. The fourth-order valence-corrected chi connectivity index (χ4v) is 5.67. The van der Waals surface area contributed by atoms with Crippen molar-refractivity contribution in [3.63, 3.8) is 0 Å². The Balaban J connectivity index is 2.19. The number of sulfonamides is 1. The Hall–Kier alpha value is -1.44. The molecule has 2 unspecified atom stereocenters. The summed E-state index contributed by atoms with van der Waals surface area (Å²) >= 11 is 0. The molecule has 1 fully saturated rings. The molecule has 1 aromatic carbocycles. The summed E-state index contributed by atoms with van der Waals surface area (Å²) in [6, 6.07) is 3.68. The SMILES string of the molecule is COCC(C)NC(=O)C1CCCN(S(=O)(=O)c2c(C)cc(C)cc2C)C1. The second-order valence-electron chi connectivity index (χ2n) is 7.30. The number of carbonyl (C=O) groups is 1. The first kappa shape index (κ1) is 20.9. The molecule has 1 aromatic rings. The van der Waals surface area contributed by atoms with Crippen LogP contribution in [0.15, 0.2) is 17.0 Å². The van der Waals surface area contributed by atoms with E-state index in [2.05, 4.69) is 5.32 Å². The Morgan fingerprint density at radius 2 is 1.92 bits per heavy atom. The van der Waals surface area contributed by atoms with Crippen molar-refractivity contribution in [1.29, 1.82) is 0 Å². The van der Waals surface area contributed by atoms with Crippen molar-refractivity contribution >= 4 is 15.9 Å². The Morgan fingerprint density at radius 3 is 2.50 bits per heavy atom. The van der Waals surface area contributed by atoms with Crippen molar-refractivity contribution in [3.8, 4) is 0 Å². The third-order valence-corrected chi connectivity index (χ3v) is 6.93. The second-order valence-corrected chi connectivity index (χ2v) is 9.17. The molecule has 0 aliphatic carbocycles. The van der Waals surface area contributed by atoms with Crippen LogP contribution in [0.5, 0.6) is 0 Å². The molecule has 1 saturated heterocycles. The van der Waals surface area contributed by atoms with Crippen LogP contribution in [0.1, 0.15) is 36.5 Å². The van der Waals surface area contributed by atoms with Crippen molar-refractivity contribution in [1.82, 2.24) is 9.62 Å². The van der Waals surface area contributed by atoms with Crippen LogP contribution >= 0.6 is 0 Å². The molecular formula is C19H30N2O4S. The zero-order valence-corrected chi connectivity index (χ0v) is 17.1. The molecule has 26 heavy (non-hydrogen) atoms. The minimum absolute atomic E-state index is 0.0962. The molecule has 0 spiro atoms. The van der Waals surface area contributed by atoms with Gasteiger partial charge >= 0.3 is 0 Å². The third-order valence-electron chi connectivity index (χ3n) is 4.76. The van der Waals surface area contributed by atoms with E-state index in [0.717, 1.165) is 16.7 Å². The lowest BCUT2D eigenvalue weighted by Gasteiger charge is -2.32. The van der Waals surface area contributed by atoms with E-state index in [4.69, 9.17) is 4.74 Å². The largest absolute Gasteiger partial charge is 0.383 e. The van der Waals surface area contributed by atoms with Gasteiger partial charge in [-0.2, -0.15) is 4.31 Å². The number of amides is 1. The lowest BCUT2D eigenvalue weighted by Crippen LogP contribution is -2.47. The van der Waals surface area contributed by atoms with Crippen molar-refractivity contribution in [3.05, 3.63) is 28.8 Å².